The van der Waals surface area contributed by atoms with Crippen LogP contribution in [0.5, 0.6) is 0 Å². The lowest BCUT2D eigenvalue weighted by molar-refractivity contribution is 0.0749. The predicted molar refractivity (Wildman–Crippen MR) is 92.3 cm³/mol. The average Bonchev–Trinajstić information content (AvgIpc) is 2.60. The Morgan fingerprint density at radius 2 is 1.78 bits per heavy atom. The first-order valence-corrected chi connectivity index (χ1v) is 8.12. The highest BCUT2D eigenvalue weighted by Gasteiger charge is 2.15. The van der Waals surface area contributed by atoms with Crippen molar-refractivity contribution in [1.29, 1.82) is 0 Å². The number of carbonyl (C=O) groups is 1. The van der Waals surface area contributed by atoms with Gasteiger partial charge in [-0.15, -0.1) is 0 Å². The number of amides is 1. The van der Waals surface area contributed by atoms with E-state index in [-0.39, 0.29) is 5.91 Å². The maximum absolute atomic E-state index is 12.6. The van der Waals surface area contributed by atoms with Gasteiger partial charge < -0.3 is 10.2 Å². The molecule has 0 unspecified atom stereocenters. The lowest BCUT2D eigenvalue weighted by Crippen LogP contribution is -2.33. The van der Waals surface area contributed by atoms with E-state index < -0.39 is 0 Å². The van der Waals surface area contributed by atoms with Crippen LogP contribution in [0.4, 0.5) is 5.69 Å². The van der Waals surface area contributed by atoms with Gasteiger partial charge in [0.15, 0.2) is 0 Å². The van der Waals surface area contributed by atoms with Gasteiger partial charge in [0.1, 0.15) is 5.69 Å². The molecule has 0 atom stereocenters. The molecule has 0 bridgehead atoms. The zero-order valence-electron chi connectivity index (χ0n) is 13.8. The summed E-state index contributed by atoms with van der Waals surface area (Å²) in [7, 11) is 0. The number of nitrogens with zero attached hydrogens (tertiary/aromatic N) is 3. The van der Waals surface area contributed by atoms with E-state index in [1.165, 1.54) is 0 Å². The molecule has 5 heteroatoms. The Kier molecular flexibility index (Phi) is 6.54. The fraction of sp³-hybridized carbons (Fsp3) is 0.389. The molecule has 0 saturated carbocycles. The topological polar surface area (TPSA) is 58.1 Å². The highest BCUT2D eigenvalue weighted by atomic mass is 16.2. The molecule has 2 heterocycles. The van der Waals surface area contributed by atoms with Gasteiger partial charge in [-0.2, -0.15) is 0 Å². The van der Waals surface area contributed by atoms with Crippen LogP contribution in [0.2, 0.25) is 0 Å². The molecule has 122 valence electrons. The summed E-state index contributed by atoms with van der Waals surface area (Å²) < 4.78 is 0. The Labute approximate surface area is 137 Å². The minimum atomic E-state index is 0.00117. The third-order valence-corrected chi connectivity index (χ3v) is 3.50. The quantitative estimate of drug-likeness (QED) is 0.812. The van der Waals surface area contributed by atoms with Gasteiger partial charge in [0.05, 0.1) is 0 Å². The van der Waals surface area contributed by atoms with E-state index in [0.29, 0.717) is 12.2 Å². The molecule has 5 nitrogen and oxygen atoms in total. The summed E-state index contributed by atoms with van der Waals surface area (Å²) in [6, 6.07) is 7.62. The molecule has 23 heavy (non-hydrogen) atoms. The van der Waals surface area contributed by atoms with Crippen LogP contribution in [0.25, 0.3) is 0 Å². The highest BCUT2D eigenvalue weighted by molar-refractivity contribution is 5.93. The number of anilines is 1. The van der Waals surface area contributed by atoms with Crippen molar-refractivity contribution < 1.29 is 4.79 Å². The van der Waals surface area contributed by atoms with Crippen LogP contribution >= 0.6 is 0 Å². The summed E-state index contributed by atoms with van der Waals surface area (Å²) in [5.41, 5.74) is 2.53. The third-order valence-electron chi connectivity index (χ3n) is 3.50. The zero-order valence-corrected chi connectivity index (χ0v) is 13.8. The Morgan fingerprint density at radius 1 is 1.09 bits per heavy atom. The maximum Gasteiger partial charge on any atom is 0.272 e. The number of aromatic nitrogens is 2. The van der Waals surface area contributed by atoms with E-state index in [2.05, 4.69) is 29.1 Å². The van der Waals surface area contributed by atoms with Crippen molar-refractivity contribution in [1.82, 2.24) is 14.9 Å². The van der Waals surface area contributed by atoms with E-state index in [4.69, 9.17) is 0 Å². The second kappa shape index (κ2) is 8.88. The van der Waals surface area contributed by atoms with Gasteiger partial charge in [-0.1, -0.05) is 13.8 Å². The number of hydrogen-bond donors (Lipinski definition) is 1. The third kappa shape index (κ3) is 5.06. The number of carbonyl (C=O) groups excluding carboxylic acids is 1. The number of nitrogens with one attached hydrogen (secondary N) is 1. The Hall–Kier alpha value is -2.43. The van der Waals surface area contributed by atoms with Gasteiger partial charge in [0, 0.05) is 43.9 Å². The van der Waals surface area contributed by atoms with Crippen LogP contribution < -0.4 is 5.32 Å². The van der Waals surface area contributed by atoms with E-state index >= 15 is 0 Å². The van der Waals surface area contributed by atoms with Crippen molar-refractivity contribution in [2.75, 3.05) is 18.4 Å². The Balaban J connectivity index is 2.04. The van der Waals surface area contributed by atoms with Crippen LogP contribution in [-0.2, 0) is 6.54 Å². The molecule has 0 saturated heterocycles. The number of pyridine rings is 2. The lowest BCUT2D eigenvalue weighted by Gasteiger charge is -2.21. The molecule has 0 spiro atoms. The minimum absolute atomic E-state index is 0.00117. The van der Waals surface area contributed by atoms with E-state index in [9.17, 15) is 4.79 Å². The Bertz CT molecular complexity index is 609. The van der Waals surface area contributed by atoms with E-state index in [1.807, 2.05) is 29.2 Å². The first kappa shape index (κ1) is 16.9. The standard InChI is InChI=1S/C18H24N4O/c1-3-11-22(12-4-2)18(23)17-13-16(7-10-20-17)21-14-15-5-8-19-9-6-15/h5-10,13H,3-4,11-12,14H2,1-2H3,(H,20,21). The average molecular weight is 312 g/mol. The van der Waals surface area contributed by atoms with Crippen LogP contribution in [0.3, 0.4) is 0 Å². The highest BCUT2D eigenvalue weighted by Crippen LogP contribution is 2.12. The van der Waals surface area contributed by atoms with Gasteiger partial charge in [-0.25, -0.2) is 0 Å². The largest absolute Gasteiger partial charge is 0.381 e. The van der Waals surface area contributed by atoms with Gasteiger partial charge in [0.2, 0.25) is 0 Å². The molecule has 0 aromatic carbocycles. The van der Waals surface area contributed by atoms with Crippen molar-refractivity contribution in [3.05, 3.63) is 54.1 Å². The molecule has 2 aromatic heterocycles. The first-order chi connectivity index (χ1) is 11.2. The number of rotatable bonds is 8. The van der Waals surface area contributed by atoms with Crippen molar-refractivity contribution in [2.45, 2.75) is 33.2 Å². The van der Waals surface area contributed by atoms with E-state index in [0.717, 1.165) is 37.2 Å². The van der Waals surface area contributed by atoms with Crippen LogP contribution in [0.1, 0.15) is 42.7 Å². The SMILES string of the molecule is CCCN(CCC)C(=O)c1cc(NCc2ccncc2)ccn1. The normalized spacial score (nSPS) is 10.3. The van der Waals surface area contributed by atoms with Crippen LogP contribution in [0.15, 0.2) is 42.9 Å². The van der Waals surface area contributed by atoms with Crippen LogP contribution in [-0.4, -0.2) is 33.9 Å². The molecule has 0 fully saturated rings. The van der Waals surface area contributed by atoms with Gasteiger partial charge in [-0.3, -0.25) is 14.8 Å². The van der Waals surface area contributed by atoms with E-state index in [1.54, 1.807) is 18.6 Å². The minimum Gasteiger partial charge on any atom is -0.381 e. The van der Waals surface area contributed by atoms with Crippen molar-refractivity contribution in [2.24, 2.45) is 0 Å². The molecule has 0 aliphatic heterocycles. The molecule has 0 aliphatic rings. The maximum atomic E-state index is 12.6. The molecule has 0 aliphatic carbocycles. The second-order valence-electron chi connectivity index (χ2n) is 5.43. The molecule has 1 N–H and O–H groups in total. The smallest absolute Gasteiger partial charge is 0.272 e. The summed E-state index contributed by atoms with van der Waals surface area (Å²) in [6.07, 6.45) is 7.12. The van der Waals surface area contributed by atoms with Crippen LogP contribution in [0, 0.1) is 0 Å². The summed E-state index contributed by atoms with van der Waals surface area (Å²) in [4.78, 5) is 22.7. The van der Waals surface area contributed by atoms with Gasteiger partial charge in [-0.05, 0) is 42.7 Å². The summed E-state index contributed by atoms with van der Waals surface area (Å²) in [5, 5.41) is 3.32. The molecular weight excluding hydrogens is 288 g/mol. The lowest BCUT2D eigenvalue weighted by atomic mass is 10.2. The summed E-state index contributed by atoms with van der Waals surface area (Å²) in [6.45, 7) is 6.38. The fourth-order valence-corrected chi connectivity index (χ4v) is 2.38. The van der Waals surface area contributed by atoms with Gasteiger partial charge >= 0.3 is 0 Å². The fourth-order valence-electron chi connectivity index (χ4n) is 2.38. The first-order valence-electron chi connectivity index (χ1n) is 8.12. The Morgan fingerprint density at radius 3 is 2.43 bits per heavy atom. The van der Waals surface area contributed by atoms with Crippen molar-refractivity contribution in [3.8, 4) is 0 Å². The molecule has 2 rings (SSSR count). The molecule has 2 aromatic rings. The predicted octanol–water partition coefficient (Wildman–Crippen LogP) is 3.35. The molecular formula is C18H24N4O. The number of hydrogen-bond acceptors (Lipinski definition) is 4. The monoisotopic (exact) mass is 312 g/mol. The summed E-state index contributed by atoms with van der Waals surface area (Å²) in [5.74, 6) is 0.00117. The van der Waals surface area contributed by atoms with Crippen molar-refractivity contribution >= 4 is 11.6 Å². The second-order valence-corrected chi connectivity index (χ2v) is 5.43. The molecule has 0 radical (unpaired) electrons. The summed E-state index contributed by atoms with van der Waals surface area (Å²) >= 11 is 0. The van der Waals surface area contributed by atoms with Gasteiger partial charge in [0.25, 0.3) is 5.91 Å². The zero-order chi connectivity index (χ0) is 16.5. The van der Waals surface area contributed by atoms with Crippen molar-refractivity contribution in [3.63, 3.8) is 0 Å². The molecule has 1 amide bonds.